The first-order chi connectivity index (χ1) is 7.65. The monoisotopic (exact) mass is 252 g/mol. The highest BCUT2D eigenvalue weighted by Gasteiger charge is 2.06. The van der Waals surface area contributed by atoms with Gasteiger partial charge in [-0.25, -0.2) is 14.8 Å². The lowest BCUT2D eigenvalue weighted by molar-refractivity contribution is -0.131. The molecule has 0 aliphatic carbocycles. The average Bonchev–Trinajstić information content (AvgIpc) is 2.57. The summed E-state index contributed by atoms with van der Waals surface area (Å²) in [5.74, 6) is -0.941. The number of hydrogen-bond donors (Lipinski definition) is 1. The molecule has 0 spiro atoms. The molecule has 6 heteroatoms. The van der Waals surface area contributed by atoms with Crippen LogP contribution in [-0.4, -0.2) is 21.0 Å². The highest BCUT2D eigenvalue weighted by atomic mass is 32.2. The third-order valence-corrected chi connectivity index (χ3v) is 3.73. The van der Waals surface area contributed by atoms with E-state index in [1.165, 1.54) is 29.2 Å². The van der Waals surface area contributed by atoms with Crippen LogP contribution in [0.15, 0.2) is 33.7 Å². The van der Waals surface area contributed by atoms with Gasteiger partial charge in [-0.3, -0.25) is 0 Å². The molecule has 0 saturated carbocycles. The van der Waals surface area contributed by atoms with Gasteiger partial charge >= 0.3 is 5.97 Å². The lowest BCUT2D eigenvalue weighted by Crippen LogP contribution is -1.87. The lowest BCUT2D eigenvalue weighted by atomic mass is 10.5. The van der Waals surface area contributed by atoms with Gasteiger partial charge in [0.2, 0.25) is 0 Å². The van der Waals surface area contributed by atoms with E-state index in [-0.39, 0.29) is 0 Å². The zero-order valence-corrected chi connectivity index (χ0v) is 10.0. The lowest BCUT2D eigenvalue weighted by Gasteiger charge is -1.93. The van der Waals surface area contributed by atoms with E-state index >= 15 is 0 Å². The highest BCUT2D eigenvalue weighted by Crippen LogP contribution is 2.32. The molecule has 0 aliphatic heterocycles. The van der Waals surface area contributed by atoms with Crippen molar-refractivity contribution in [2.24, 2.45) is 0 Å². The molecule has 2 aromatic rings. The average molecular weight is 252 g/mol. The summed E-state index contributed by atoms with van der Waals surface area (Å²) >= 11 is 2.85. The molecule has 0 aliphatic rings. The molecule has 0 fully saturated rings. The van der Waals surface area contributed by atoms with Crippen molar-refractivity contribution >= 4 is 39.4 Å². The summed E-state index contributed by atoms with van der Waals surface area (Å²) in [4.78, 5) is 19.6. The van der Waals surface area contributed by atoms with Crippen LogP contribution in [0.1, 0.15) is 6.92 Å². The maximum absolute atomic E-state index is 10.5. The SMILES string of the molecule is C/C(=C\C(=O)O)Sc1nc2ncccc2s1. The summed E-state index contributed by atoms with van der Waals surface area (Å²) in [7, 11) is 0. The molecule has 0 unspecified atom stereocenters. The minimum Gasteiger partial charge on any atom is -0.478 e. The Morgan fingerprint density at radius 2 is 2.44 bits per heavy atom. The second-order valence-corrected chi connectivity index (χ2v) is 5.52. The number of hydrogen-bond acceptors (Lipinski definition) is 5. The molecule has 2 heterocycles. The molecule has 4 nitrogen and oxygen atoms in total. The Morgan fingerprint density at radius 3 is 3.12 bits per heavy atom. The first kappa shape index (κ1) is 11.1. The van der Waals surface area contributed by atoms with Crippen LogP contribution >= 0.6 is 23.1 Å². The molecule has 0 atom stereocenters. The molecule has 1 N–H and O–H groups in total. The van der Waals surface area contributed by atoms with Gasteiger partial charge < -0.3 is 5.11 Å². The maximum Gasteiger partial charge on any atom is 0.329 e. The van der Waals surface area contributed by atoms with Crippen molar-refractivity contribution < 1.29 is 9.90 Å². The van der Waals surface area contributed by atoms with Crippen molar-refractivity contribution in [1.82, 2.24) is 9.97 Å². The van der Waals surface area contributed by atoms with Crippen molar-refractivity contribution in [2.45, 2.75) is 11.3 Å². The molecule has 0 aromatic carbocycles. The molecule has 82 valence electrons. The largest absolute Gasteiger partial charge is 0.478 e. The fourth-order valence-corrected chi connectivity index (χ4v) is 3.19. The summed E-state index contributed by atoms with van der Waals surface area (Å²) in [6.45, 7) is 1.75. The highest BCUT2D eigenvalue weighted by molar-refractivity contribution is 8.04. The van der Waals surface area contributed by atoms with Gasteiger partial charge in [0, 0.05) is 12.3 Å². The van der Waals surface area contributed by atoms with Crippen LogP contribution in [0.25, 0.3) is 10.3 Å². The van der Waals surface area contributed by atoms with Crippen LogP contribution in [0.3, 0.4) is 0 Å². The molecule has 2 rings (SSSR count). The Morgan fingerprint density at radius 1 is 1.62 bits per heavy atom. The topological polar surface area (TPSA) is 63.1 Å². The third kappa shape index (κ3) is 2.59. The Kier molecular flexibility index (Phi) is 3.21. The van der Waals surface area contributed by atoms with E-state index in [0.29, 0.717) is 10.6 Å². The van der Waals surface area contributed by atoms with Gasteiger partial charge in [0.1, 0.15) is 0 Å². The molecule has 0 amide bonds. The smallest absolute Gasteiger partial charge is 0.329 e. The molecule has 2 aromatic heterocycles. The summed E-state index contributed by atoms with van der Waals surface area (Å²) in [6.07, 6.45) is 2.86. The van der Waals surface area contributed by atoms with E-state index in [2.05, 4.69) is 9.97 Å². The number of rotatable bonds is 3. The van der Waals surface area contributed by atoms with E-state index in [0.717, 1.165) is 9.04 Å². The van der Waals surface area contributed by atoms with Crippen molar-refractivity contribution in [3.63, 3.8) is 0 Å². The van der Waals surface area contributed by atoms with Crippen molar-refractivity contribution in [3.05, 3.63) is 29.3 Å². The van der Waals surface area contributed by atoms with Crippen LogP contribution < -0.4 is 0 Å². The van der Waals surface area contributed by atoms with Gasteiger partial charge in [-0.2, -0.15) is 0 Å². The number of carbonyl (C=O) groups is 1. The molecule has 0 bridgehead atoms. The van der Waals surface area contributed by atoms with Crippen molar-refractivity contribution in [3.8, 4) is 0 Å². The number of fused-ring (bicyclic) bond motifs is 1. The van der Waals surface area contributed by atoms with Gasteiger partial charge in [0.05, 0.1) is 4.70 Å². The van der Waals surface area contributed by atoms with Crippen LogP contribution in [0.2, 0.25) is 0 Å². The molecule has 0 saturated heterocycles. The summed E-state index contributed by atoms with van der Waals surface area (Å²) in [6, 6.07) is 3.80. The Balaban J connectivity index is 2.25. The zero-order chi connectivity index (χ0) is 11.5. The van der Waals surface area contributed by atoms with Gasteiger partial charge in [-0.05, 0) is 24.0 Å². The summed E-state index contributed by atoms with van der Waals surface area (Å²) in [5, 5.41) is 8.58. The van der Waals surface area contributed by atoms with Crippen molar-refractivity contribution in [1.29, 1.82) is 0 Å². The number of carboxylic acids is 1. The Hall–Kier alpha value is -1.40. The number of nitrogens with zero attached hydrogens (tertiary/aromatic N) is 2. The van der Waals surface area contributed by atoms with E-state index in [9.17, 15) is 4.79 Å². The number of carboxylic acid groups (broad SMARTS) is 1. The molecular formula is C10H8N2O2S2. The van der Waals surface area contributed by atoms with Crippen LogP contribution in [-0.2, 0) is 4.79 Å². The van der Waals surface area contributed by atoms with E-state index in [1.807, 2.05) is 12.1 Å². The minimum absolute atomic E-state index is 0.701. The first-order valence-corrected chi connectivity index (χ1v) is 6.09. The predicted octanol–water partition coefficient (Wildman–Crippen LogP) is 2.77. The van der Waals surface area contributed by atoms with E-state index in [1.54, 1.807) is 13.1 Å². The van der Waals surface area contributed by atoms with E-state index < -0.39 is 5.97 Å². The zero-order valence-electron chi connectivity index (χ0n) is 8.38. The number of allylic oxidation sites excluding steroid dienone is 1. The second kappa shape index (κ2) is 4.63. The number of thioether (sulfide) groups is 1. The Bertz CT molecular complexity index is 530. The van der Waals surface area contributed by atoms with Crippen molar-refractivity contribution in [2.75, 3.05) is 0 Å². The summed E-state index contributed by atoms with van der Waals surface area (Å²) < 4.78 is 1.82. The van der Waals surface area contributed by atoms with Crippen LogP contribution in [0, 0.1) is 0 Å². The normalized spacial score (nSPS) is 11.9. The van der Waals surface area contributed by atoms with Gasteiger partial charge in [-0.1, -0.05) is 11.8 Å². The van der Waals surface area contributed by atoms with Gasteiger partial charge in [0.25, 0.3) is 0 Å². The third-order valence-electron chi connectivity index (χ3n) is 1.72. The Labute approximate surface area is 100 Å². The standard InChI is InChI=1S/C10H8N2O2S2/c1-6(5-8(13)14)15-10-12-9-7(16-10)3-2-4-11-9/h2-5H,1H3,(H,13,14)/b6-5+. The fourth-order valence-electron chi connectivity index (χ4n) is 1.13. The number of thiazole rings is 1. The van der Waals surface area contributed by atoms with E-state index in [4.69, 9.17) is 5.11 Å². The second-order valence-electron chi connectivity index (χ2n) is 3.00. The van der Waals surface area contributed by atoms with Gasteiger partial charge in [0.15, 0.2) is 9.99 Å². The first-order valence-electron chi connectivity index (χ1n) is 4.46. The fraction of sp³-hybridized carbons (Fsp3) is 0.100. The number of aliphatic carboxylic acids is 1. The van der Waals surface area contributed by atoms with Gasteiger partial charge in [-0.15, -0.1) is 11.3 Å². The van der Waals surface area contributed by atoms with Crippen LogP contribution in [0.5, 0.6) is 0 Å². The molecule has 16 heavy (non-hydrogen) atoms. The molecular weight excluding hydrogens is 244 g/mol. The maximum atomic E-state index is 10.5. The van der Waals surface area contributed by atoms with Crippen LogP contribution in [0.4, 0.5) is 0 Å². The molecule has 0 radical (unpaired) electrons. The predicted molar refractivity (Wildman–Crippen MR) is 64.7 cm³/mol. The minimum atomic E-state index is -0.941. The number of pyridine rings is 1. The summed E-state index contributed by atoms with van der Waals surface area (Å²) in [5.41, 5.74) is 0.707. The quantitative estimate of drug-likeness (QED) is 0.672. The number of aromatic nitrogens is 2.